The first kappa shape index (κ1) is 47.6. The molecule has 2 fully saturated rings. The van der Waals surface area contributed by atoms with Crippen LogP contribution in [-0.4, -0.2) is 100 Å². The molecule has 2 saturated heterocycles. The number of imidazole rings is 2. The fraction of sp³-hybridized carbons (Fsp3) is 0.370. The summed E-state index contributed by atoms with van der Waals surface area (Å²) in [5, 5.41) is 5.49. The van der Waals surface area contributed by atoms with Crippen LogP contribution in [0.15, 0.2) is 116 Å². The summed E-state index contributed by atoms with van der Waals surface area (Å²) in [6.07, 6.45) is 10.3. The molecule has 0 unspecified atom stereocenters. The van der Waals surface area contributed by atoms with E-state index >= 15 is 0 Å². The van der Waals surface area contributed by atoms with Crippen LogP contribution >= 0.6 is 0 Å². The van der Waals surface area contributed by atoms with Crippen molar-refractivity contribution in [1.82, 2.24) is 40.4 Å². The standard InChI is InChI=1S/C54H60N8O8/c1-67-53(65)59-47(37-16-9-7-10-17-37)51(63)61-27-15-20-44(61)49-55-32-42(57-49)36-23-21-35(22-24-36)39-25-26-41-43-33-56-50(58-43)45-31-40(69-28-13-5-3-4-6-14-29-70-46(41)30-39)34-62(45)52(64)48(60-54(66)68-2)38-18-11-8-12-19-38/h7-12,16-19,21-26,30,32-33,40,44-45,47-48H,3-6,13-15,20,27-29,31,34H2,1-2H3,(H,55,57)(H,56,58)(H,59,65)(H,60,66)/t40-,44-,45-,47+,48+/m0/s1. The maximum atomic E-state index is 14.5. The Kier molecular flexibility index (Phi) is 15.2. The minimum Gasteiger partial charge on any atom is -0.493 e. The van der Waals surface area contributed by atoms with E-state index < -0.39 is 30.3 Å². The van der Waals surface area contributed by atoms with Crippen LogP contribution in [0.25, 0.3) is 33.6 Å². The molecule has 16 nitrogen and oxygen atoms in total. The zero-order chi connectivity index (χ0) is 48.4. The van der Waals surface area contributed by atoms with Crippen molar-refractivity contribution < 1.29 is 38.1 Å². The van der Waals surface area contributed by atoms with E-state index in [-0.39, 0.29) is 24.0 Å². The van der Waals surface area contributed by atoms with Crippen LogP contribution < -0.4 is 15.4 Å². The lowest BCUT2D eigenvalue weighted by Gasteiger charge is -2.28. The number of ether oxygens (including phenoxy) is 4. The predicted molar refractivity (Wildman–Crippen MR) is 262 cm³/mol. The van der Waals surface area contributed by atoms with Gasteiger partial charge >= 0.3 is 12.2 Å². The zero-order valence-electron chi connectivity index (χ0n) is 39.6. The van der Waals surface area contributed by atoms with Gasteiger partial charge in [0.15, 0.2) is 0 Å². The fourth-order valence-electron chi connectivity index (χ4n) is 9.81. The Morgan fingerprint density at radius 3 is 1.84 bits per heavy atom. The van der Waals surface area contributed by atoms with Gasteiger partial charge in [-0.05, 0) is 65.6 Å². The number of nitrogens with zero attached hydrogens (tertiary/aromatic N) is 4. The Bertz CT molecular complexity index is 2730. The number of nitrogens with one attached hydrogen (secondary N) is 4. The van der Waals surface area contributed by atoms with Gasteiger partial charge in [-0.25, -0.2) is 19.6 Å². The number of benzene rings is 4. The monoisotopic (exact) mass is 948 g/mol. The highest BCUT2D eigenvalue weighted by atomic mass is 16.5. The minimum atomic E-state index is -0.970. The molecule has 70 heavy (non-hydrogen) atoms. The molecule has 16 heteroatoms. The molecule has 5 atom stereocenters. The van der Waals surface area contributed by atoms with E-state index in [0.29, 0.717) is 55.5 Å². The highest BCUT2D eigenvalue weighted by Crippen LogP contribution is 2.39. The molecule has 0 saturated carbocycles. The number of hydrogen-bond acceptors (Lipinski definition) is 10. The summed E-state index contributed by atoms with van der Waals surface area (Å²) in [5.74, 6) is 1.52. The normalized spacial score (nSPS) is 19.4. The molecular weight excluding hydrogens is 889 g/mol. The number of carbonyl (C=O) groups is 4. The van der Waals surface area contributed by atoms with Crippen LogP contribution in [0.4, 0.5) is 9.59 Å². The van der Waals surface area contributed by atoms with E-state index in [2.05, 4.69) is 57.0 Å². The summed E-state index contributed by atoms with van der Waals surface area (Å²) in [4.78, 5) is 73.7. The van der Waals surface area contributed by atoms with Gasteiger partial charge in [-0.3, -0.25) is 9.59 Å². The van der Waals surface area contributed by atoms with Crippen LogP contribution in [0.2, 0.25) is 0 Å². The third kappa shape index (κ3) is 10.9. The summed E-state index contributed by atoms with van der Waals surface area (Å²) in [6, 6.07) is 30.2. The van der Waals surface area contributed by atoms with Gasteiger partial charge < -0.3 is 49.3 Å². The lowest BCUT2D eigenvalue weighted by molar-refractivity contribution is -0.135. The first-order valence-corrected chi connectivity index (χ1v) is 24.3. The summed E-state index contributed by atoms with van der Waals surface area (Å²) >= 11 is 0. The number of alkyl carbamates (subject to hydrolysis) is 2. The maximum Gasteiger partial charge on any atom is 0.407 e. The number of amides is 4. The van der Waals surface area contributed by atoms with Crippen LogP contribution in [0.1, 0.15) is 105 Å². The van der Waals surface area contributed by atoms with Crippen molar-refractivity contribution in [2.75, 3.05) is 40.5 Å². The Labute approximate surface area is 407 Å². The van der Waals surface area contributed by atoms with Gasteiger partial charge in [-0.1, -0.05) is 117 Å². The van der Waals surface area contributed by atoms with Crippen molar-refractivity contribution >= 4 is 24.0 Å². The van der Waals surface area contributed by atoms with E-state index in [1.807, 2.05) is 66.7 Å². The molecule has 0 radical (unpaired) electrons. The van der Waals surface area contributed by atoms with E-state index in [1.165, 1.54) is 14.2 Å². The predicted octanol–water partition coefficient (Wildman–Crippen LogP) is 9.38. The van der Waals surface area contributed by atoms with Crippen molar-refractivity contribution in [3.05, 3.63) is 138 Å². The van der Waals surface area contributed by atoms with E-state index in [4.69, 9.17) is 28.9 Å². The zero-order valence-corrected chi connectivity index (χ0v) is 39.6. The second kappa shape index (κ2) is 22.3. The van der Waals surface area contributed by atoms with Gasteiger partial charge in [0.25, 0.3) is 11.8 Å². The molecule has 364 valence electrons. The number of H-pyrrole nitrogens is 2. The molecule has 4 amide bonds. The number of methoxy groups -OCH3 is 2. The van der Waals surface area contributed by atoms with Crippen molar-refractivity contribution in [2.24, 2.45) is 0 Å². The highest BCUT2D eigenvalue weighted by Gasteiger charge is 2.42. The van der Waals surface area contributed by atoms with Crippen LogP contribution in [-0.2, 0) is 23.8 Å². The van der Waals surface area contributed by atoms with E-state index in [9.17, 15) is 19.2 Å². The minimum absolute atomic E-state index is 0.208. The molecular formula is C54H60N8O8. The van der Waals surface area contributed by atoms with Crippen molar-refractivity contribution in [1.29, 1.82) is 0 Å². The van der Waals surface area contributed by atoms with Gasteiger partial charge in [0, 0.05) is 31.7 Å². The van der Waals surface area contributed by atoms with Crippen molar-refractivity contribution in [3.8, 4) is 39.4 Å². The molecule has 0 aliphatic carbocycles. The Morgan fingerprint density at radius 1 is 0.629 bits per heavy atom. The fourth-order valence-corrected chi connectivity index (χ4v) is 9.81. The lowest BCUT2D eigenvalue weighted by Crippen LogP contribution is -2.43. The molecule has 5 heterocycles. The number of hydrogen-bond donors (Lipinski definition) is 4. The van der Waals surface area contributed by atoms with Crippen molar-refractivity contribution in [2.45, 2.75) is 88.1 Å². The van der Waals surface area contributed by atoms with Crippen LogP contribution in [0.5, 0.6) is 5.75 Å². The number of fused-ring (bicyclic) bond motifs is 7. The number of aromatic nitrogens is 4. The second-order valence-corrected chi connectivity index (χ2v) is 18.0. The van der Waals surface area contributed by atoms with E-state index in [0.717, 1.165) is 90.8 Å². The third-order valence-electron chi connectivity index (χ3n) is 13.5. The van der Waals surface area contributed by atoms with E-state index in [1.54, 1.807) is 22.2 Å². The number of carbonyl (C=O) groups excluding carboxylic acids is 4. The molecule has 4 N–H and O–H groups in total. The average molecular weight is 949 g/mol. The third-order valence-corrected chi connectivity index (χ3v) is 13.5. The number of aromatic amines is 2. The molecule has 2 aromatic heterocycles. The SMILES string of the molecule is COC(=O)N[C@@H](C(=O)N1CCC[C@H]1c1ncc(-c2ccc(-c3ccc4c(c3)OCCCCCCCCO[C@H]3C[C@@H](c5ncc-4[nH]5)N(C(=O)[C@H](NC(=O)OC)c4ccccc4)C3)cc2)[nH]1)c1ccccc1. The lowest BCUT2D eigenvalue weighted by atomic mass is 10.00. The van der Waals surface area contributed by atoms with Crippen molar-refractivity contribution in [3.63, 3.8) is 0 Å². The Morgan fingerprint density at radius 2 is 1.19 bits per heavy atom. The maximum absolute atomic E-state index is 14.5. The summed E-state index contributed by atoms with van der Waals surface area (Å²) in [6.45, 7) is 2.05. The van der Waals surface area contributed by atoms with Gasteiger partial charge in [-0.2, -0.15) is 0 Å². The Balaban J connectivity index is 0.950. The first-order chi connectivity index (χ1) is 34.3. The average Bonchev–Trinajstić information content (AvgIpc) is 4.25. The Hall–Kier alpha value is -7.46. The molecule has 4 bridgehead atoms. The molecule has 6 aromatic rings. The molecule has 3 aliphatic rings. The number of likely N-dealkylation sites (tertiary alicyclic amines) is 2. The summed E-state index contributed by atoms with van der Waals surface area (Å²) in [7, 11) is 2.56. The topological polar surface area (TPSA) is 193 Å². The van der Waals surface area contributed by atoms with Gasteiger partial charge in [-0.15, -0.1) is 0 Å². The number of rotatable bonds is 9. The molecule has 3 aliphatic heterocycles. The molecule has 9 rings (SSSR count). The summed E-state index contributed by atoms with van der Waals surface area (Å²) in [5.41, 5.74) is 6.65. The largest absolute Gasteiger partial charge is 0.493 e. The van der Waals surface area contributed by atoms with Crippen LogP contribution in [0, 0.1) is 0 Å². The van der Waals surface area contributed by atoms with Gasteiger partial charge in [0.05, 0.1) is 62.8 Å². The first-order valence-electron chi connectivity index (χ1n) is 24.3. The summed E-state index contributed by atoms with van der Waals surface area (Å²) < 4.78 is 22.8. The molecule has 0 spiro atoms. The smallest absolute Gasteiger partial charge is 0.407 e. The second-order valence-electron chi connectivity index (χ2n) is 18.0. The quantitative estimate of drug-likeness (QED) is 0.109. The van der Waals surface area contributed by atoms with Gasteiger partial charge in [0.1, 0.15) is 29.5 Å². The molecule has 4 aromatic carbocycles. The van der Waals surface area contributed by atoms with Gasteiger partial charge in [0.2, 0.25) is 0 Å². The highest BCUT2D eigenvalue weighted by molar-refractivity contribution is 5.88. The van der Waals surface area contributed by atoms with Crippen LogP contribution in [0.3, 0.4) is 0 Å².